The third-order valence-electron chi connectivity index (χ3n) is 3.24. The first-order chi connectivity index (χ1) is 10.1. The van der Waals surface area contributed by atoms with Gasteiger partial charge in [0.25, 0.3) is 0 Å². The summed E-state index contributed by atoms with van der Waals surface area (Å²) in [4.78, 5) is 1.19. The van der Waals surface area contributed by atoms with Gasteiger partial charge in [-0.05, 0) is 43.1 Å². The Balaban J connectivity index is 2.17. The summed E-state index contributed by atoms with van der Waals surface area (Å²) >= 11 is 7.39. The average Bonchev–Trinajstić information content (AvgIpc) is 2.96. The van der Waals surface area contributed by atoms with Crippen molar-refractivity contribution in [3.8, 4) is 5.75 Å². The van der Waals surface area contributed by atoms with Crippen molar-refractivity contribution in [2.45, 2.75) is 25.8 Å². The summed E-state index contributed by atoms with van der Waals surface area (Å²) in [5.74, 6) is 0.493. The van der Waals surface area contributed by atoms with Gasteiger partial charge in [0.1, 0.15) is 11.6 Å². The van der Waals surface area contributed by atoms with Gasteiger partial charge in [0.2, 0.25) is 0 Å². The topological polar surface area (TPSA) is 21.3 Å². The van der Waals surface area contributed by atoms with Gasteiger partial charge >= 0.3 is 0 Å². The molecule has 21 heavy (non-hydrogen) atoms. The zero-order chi connectivity index (χ0) is 15.2. The summed E-state index contributed by atoms with van der Waals surface area (Å²) in [5, 5.41) is 5.65. The lowest BCUT2D eigenvalue weighted by atomic mass is 10.0. The Labute approximate surface area is 133 Å². The van der Waals surface area contributed by atoms with E-state index >= 15 is 0 Å². The smallest absolute Gasteiger partial charge is 0.142 e. The summed E-state index contributed by atoms with van der Waals surface area (Å²) in [6.45, 7) is 3.04. The standard InChI is InChI=1S/C16H19ClFNOS/c1-3-6-19-15(16-9-12(20-2)10-21-16)8-11-4-5-13(17)14(18)7-11/h4-5,7,9-10,15,19H,3,6,8H2,1-2H3. The molecule has 0 bridgehead atoms. The third kappa shape index (κ3) is 4.43. The van der Waals surface area contributed by atoms with E-state index in [-0.39, 0.29) is 16.9 Å². The van der Waals surface area contributed by atoms with Crippen LogP contribution in [0.5, 0.6) is 5.75 Å². The highest BCUT2D eigenvalue weighted by molar-refractivity contribution is 7.10. The number of nitrogens with one attached hydrogen (secondary N) is 1. The molecule has 0 fully saturated rings. The Morgan fingerprint density at radius 1 is 1.38 bits per heavy atom. The molecular weight excluding hydrogens is 309 g/mol. The molecule has 1 atom stereocenters. The van der Waals surface area contributed by atoms with E-state index in [0.717, 1.165) is 30.7 Å². The van der Waals surface area contributed by atoms with Crippen molar-refractivity contribution < 1.29 is 9.13 Å². The van der Waals surface area contributed by atoms with Crippen molar-refractivity contribution in [2.75, 3.05) is 13.7 Å². The van der Waals surface area contributed by atoms with Crippen molar-refractivity contribution >= 4 is 22.9 Å². The minimum absolute atomic E-state index is 0.152. The Kier molecular flexibility index (Phi) is 6.03. The Morgan fingerprint density at radius 3 is 2.81 bits per heavy atom. The number of hydrogen-bond acceptors (Lipinski definition) is 3. The van der Waals surface area contributed by atoms with Gasteiger partial charge in [-0.2, -0.15) is 0 Å². The van der Waals surface area contributed by atoms with Crippen LogP contribution in [0.15, 0.2) is 29.6 Å². The minimum Gasteiger partial charge on any atom is -0.496 e. The first-order valence-corrected chi connectivity index (χ1v) is 8.19. The molecule has 0 aliphatic carbocycles. The molecule has 1 aromatic heterocycles. The predicted molar refractivity (Wildman–Crippen MR) is 87.0 cm³/mol. The summed E-state index contributed by atoms with van der Waals surface area (Å²) < 4.78 is 18.8. The molecule has 114 valence electrons. The molecular formula is C16H19ClFNOS. The highest BCUT2D eigenvalue weighted by Crippen LogP contribution is 2.29. The maximum atomic E-state index is 13.6. The van der Waals surface area contributed by atoms with E-state index in [9.17, 15) is 4.39 Å². The lowest BCUT2D eigenvalue weighted by Gasteiger charge is -2.17. The largest absolute Gasteiger partial charge is 0.496 e. The van der Waals surface area contributed by atoms with Gasteiger partial charge in [-0.15, -0.1) is 11.3 Å². The molecule has 1 unspecified atom stereocenters. The molecule has 0 aliphatic heterocycles. The number of halogens is 2. The number of ether oxygens (including phenoxy) is 1. The van der Waals surface area contributed by atoms with Gasteiger partial charge in [0, 0.05) is 16.3 Å². The molecule has 0 saturated carbocycles. The van der Waals surface area contributed by atoms with Gasteiger partial charge in [0.05, 0.1) is 12.1 Å². The van der Waals surface area contributed by atoms with Gasteiger partial charge in [-0.25, -0.2) is 4.39 Å². The fourth-order valence-electron chi connectivity index (χ4n) is 2.12. The maximum Gasteiger partial charge on any atom is 0.142 e. The van der Waals surface area contributed by atoms with E-state index in [0.29, 0.717) is 0 Å². The second-order valence-corrected chi connectivity index (χ2v) is 6.20. The summed E-state index contributed by atoms with van der Waals surface area (Å²) in [5.41, 5.74) is 0.929. The Bertz CT molecular complexity index is 587. The third-order valence-corrected chi connectivity index (χ3v) is 4.57. The highest BCUT2D eigenvalue weighted by Gasteiger charge is 2.15. The molecule has 2 aromatic rings. The van der Waals surface area contributed by atoms with Crippen LogP contribution >= 0.6 is 22.9 Å². The number of rotatable bonds is 7. The molecule has 0 saturated heterocycles. The predicted octanol–water partition coefficient (Wildman–Crippen LogP) is 4.83. The van der Waals surface area contributed by atoms with Crippen LogP contribution in [0, 0.1) is 5.82 Å². The highest BCUT2D eigenvalue weighted by atomic mass is 35.5. The molecule has 0 amide bonds. The van der Waals surface area contributed by atoms with Crippen molar-refractivity contribution in [1.29, 1.82) is 0 Å². The quantitative estimate of drug-likeness (QED) is 0.786. The van der Waals surface area contributed by atoms with Crippen LogP contribution in [0.4, 0.5) is 4.39 Å². The second kappa shape index (κ2) is 7.78. The maximum absolute atomic E-state index is 13.6. The van der Waals surface area contributed by atoms with Crippen LogP contribution in [0.3, 0.4) is 0 Å². The first kappa shape index (κ1) is 16.3. The number of benzene rings is 1. The summed E-state index contributed by atoms with van der Waals surface area (Å²) in [6.07, 6.45) is 1.77. The van der Waals surface area contributed by atoms with E-state index < -0.39 is 0 Å². The van der Waals surface area contributed by atoms with E-state index in [2.05, 4.69) is 12.2 Å². The molecule has 0 aliphatic rings. The van der Waals surface area contributed by atoms with Crippen LogP contribution < -0.4 is 10.1 Å². The summed E-state index contributed by atoms with van der Waals surface area (Å²) in [6, 6.07) is 7.17. The van der Waals surface area contributed by atoms with Gasteiger partial charge < -0.3 is 10.1 Å². The normalized spacial score (nSPS) is 12.4. The molecule has 1 heterocycles. The zero-order valence-corrected chi connectivity index (χ0v) is 13.7. The zero-order valence-electron chi connectivity index (χ0n) is 12.2. The molecule has 2 rings (SSSR count). The van der Waals surface area contributed by atoms with E-state index in [4.69, 9.17) is 16.3 Å². The molecule has 0 radical (unpaired) electrons. The fourth-order valence-corrected chi connectivity index (χ4v) is 3.17. The van der Waals surface area contributed by atoms with Crippen LogP contribution in [-0.4, -0.2) is 13.7 Å². The molecule has 5 heteroatoms. The minimum atomic E-state index is -0.368. The van der Waals surface area contributed by atoms with Gasteiger partial charge in [0.15, 0.2) is 0 Å². The Hall–Kier alpha value is -1.10. The number of hydrogen-bond donors (Lipinski definition) is 1. The SMILES string of the molecule is CCCNC(Cc1ccc(Cl)c(F)c1)c1cc(OC)cs1. The fraction of sp³-hybridized carbons (Fsp3) is 0.375. The summed E-state index contributed by atoms with van der Waals surface area (Å²) in [7, 11) is 1.66. The van der Waals surface area contributed by atoms with Crippen molar-refractivity contribution in [1.82, 2.24) is 5.32 Å². The van der Waals surface area contributed by atoms with Gasteiger partial charge in [-0.3, -0.25) is 0 Å². The van der Waals surface area contributed by atoms with Gasteiger partial charge in [-0.1, -0.05) is 24.6 Å². The lowest BCUT2D eigenvalue weighted by Crippen LogP contribution is -2.23. The van der Waals surface area contributed by atoms with Crippen LogP contribution in [0.25, 0.3) is 0 Å². The van der Waals surface area contributed by atoms with Crippen LogP contribution in [0.2, 0.25) is 5.02 Å². The van der Waals surface area contributed by atoms with E-state index in [1.807, 2.05) is 17.5 Å². The Morgan fingerprint density at radius 2 is 2.19 bits per heavy atom. The van der Waals surface area contributed by atoms with Crippen LogP contribution in [0.1, 0.15) is 29.8 Å². The molecule has 2 nitrogen and oxygen atoms in total. The lowest BCUT2D eigenvalue weighted by molar-refractivity contribution is 0.415. The van der Waals surface area contributed by atoms with E-state index in [1.54, 1.807) is 24.5 Å². The number of thiophene rings is 1. The van der Waals surface area contributed by atoms with E-state index in [1.165, 1.54) is 10.9 Å². The average molecular weight is 328 g/mol. The number of methoxy groups -OCH3 is 1. The van der Waals surface area contributed by atoms with Crippen LogP contribution in [-0.2, 0) is 6.42 Å². The molecule has 0 spiro atoms. The molecule has 1 aromatic carbocycles. The monoisotopic (exact) mass is 327 g/mol. The second-order valence-electron chi connectivity index (χ2n) is 4.85. The van der Waals surface area contributed by atoms with Crippen molar-refractivity contribution in [2.24, 2.45) is 0 Å². The van der Waals surface area contributed by atoms with Crippen molar-refractivity contribution in [3.63, 3.8) is 0 Å². The molecule has 1 N–H and O–H groups in total. The first-order valence-electron chi connectivity index (χ1n) is 6.93. The van der Waals surface area contributed by atoms with Crippen molar-refractivity contribution in [3.05, 3.63) is 50.9 Å².